The van der Waals surface area contributed by atoms with E-state index in [0.29, 0.717) is 0 Å². The third-order valence-corrected chi connectivity index (χ3v) is 4.09. The summed E-state index contributed by atoms with van der Waals surface area (Å²) in [6.07, 6.45) is 2.00. The van der Waals surface area contributed by atoms with E-state index >= 15 is 0 Å². The fourth-order valence-electron chi connectivity index (χ4n) is 2.90. The van der Waals surface area contributed by atoms with E-state index in [2.05, 4.69) is 31.0 Å². The van der Waals surface area contributed by atoms with Crippen molar-refractivity contribution in [3.8, 4) is 5.75 Å². The summed E-state index contributed by atoms with van der Waals surface area (Å²) >= 11 is 0. The molecule has 100 valence electrons. The summed E-state index contributed by atoms with van der Waals surface area (Å²) in [6.45, 7) is 4.26. The molecule has 1 atom stereocenters. The van der Waals surface area contributed by atoms with E-state index in [9.17, 15) is 5.11 Å². The average Bonchev–Trinajstić information content (AvgIpc) is 2.80. The zero-order valence-corrected chi connectivity index (χ0v) is 11.6. The highest BCUT2D eigenvalue weighted by molar-refractivity contribution is 5.44. The van der Waals surface area contributed by atoms with Crippen molar-refractivity contribution in [2.45, 2.75) is 25.2 Å². The van der Waals surface area contributed by atoms with Crippen LogP contribution in [0.5, 0.6) is 5.75 Å². The molecule has 18 heavy (non-hydrogen) atoms. The smallest absolute Gasteiger partial charge is 0.122 e. The van der Waals surface area contributed by atoms with Gasteiger partial charge in [0.05, 0.1) is 13.7 Å². The van der Waals surface area contributed by atoms with Gasteiger partial charge in [0.2, 0.25) is 0 Å². The molecule has 0 saturated carbocycles. The summed E-state index contributed by atoms with van der Waals surface area (Å²) < 4.78 is 5.49. The number of aryl methyl sites for hydroxylation is 1. The quantitative estimate of drug-likeness (QED) is 0.883. The van der Waals surface area contributed by atoms with Crippen molar-refractivity contribution in [3.05, 3.63) is 29.3 Å². The van der Waals surface area contributed by atoms with Crippen LogP contribution in [0.25, 0.3) is 0 Å². The Morgan fingerprint density at radius 1 is 1.44 bits per heavy atom. The standard InChI is InChI=1S/C15H23NO2/c1-4-12-5-6-14(18-3)13(9-12)15(11-17)7-8-16(2)10-15/h5-6,9,17H,4,7-8,10-11H2,1-3H3. The number of methoxy groups -OCH3 is 1. The highest BCUT2D eigenvalue weighted by Gasteiger charge is 2.39. The van der Waals surface area contributed by atoms with Crippen LogP contribution < -0.4 is 4.74 Å². The van der Waals surface area contributed by atoms with Gasteiger partial charge in [-0.25, -0.2) is 0 Å². The molecule has 1 fully saturated rings. The third kappa shape index (κ3) is 2.25. The molecule has 1 heterocycles. The molecule has 1 saturated heterocycles. The Morgan fingerprint density at radius 2 is 2.22 bits per heavy atom. The molecule has 1 unspecified atom stereocenters. The van der Waals surface area contributed by atoms with E-state index < -0.39 is 0 Å². The maximum Gasteiger partial charge on any atom is 0.122 e. The van der Waals surface area contributed by atoms with E-state index in [0.717, 1.165) is 37.2 Å². The normalized spacial score (nSPS) is 24.4. The Hall–Kier alpha value is -1.06. The van der Waals surface area contributed by atoms with E-state index in [1.54, 1.807) is 7.11 Å². The maximum absolute atomic E-state index is 9.89. The fraction of sp³-hybridized carbons (Fsp3) is 0.600. The van der Waals surface area contributed by atoms with Crippen LogP contribution in [0.1, 0.15) is 24.5 Å². The first-order valence-corrected chi connectivity index (χ1v) is 6.62. The second kappa shape index (κ2) is 5.29. The number of benzene rings is 1. The Bertz CT molecular complexity index is 419. The highest BCUT2D eigenvalue weighted by atomic mass is 16.5. The minimum absolute atomic E-state index is 0.161. The van der Waals surface area contributed by atoms with Crippen LogP contribution in [0.2, 0.25) is 0 Å². The Balaban J connectivity index is 2.46. The summed E-state index contributed by atoms with van der Waals surface area (Å²) in [7, 11) is 3.81. The number of likely N-dealkylation sites (tertiary alicyclic amines) is 1. The predicted octanol–water partition coefficient (Wildman–Crippen LogP) is 1.82. The summed E-state index contributed by atoms with van der Waals surface area (Å²) in [5.74, 6) is 0.900. The highest BCUT2D eigenvalue weighted by Crippen LogP contribution is 2.39. The molecule has 3 nitrogen and oxygen atoms in total. The summed E-state index contributed by atoms with van der Waals surface area (Å²) in [4.78, 5) is 2.27. The molecule has 3 heteroatoms. The number of nitrogens with zero attached hydrogens (tertiary/aromatic N) is 1. The molecular weight excluding hydrogens is 226 g/mol. The monoisotopic (exact) mass is 249 g/mol. The molecule has 1 N–H and O–H groups in total. The van der Waals surface area contributed by atoms with Crippen LogP contribution >= 0.6 is 0 Å². The first kappa shape index (κ1) is 13.4. The topological polar surface area (TPSA) is 32.7 Å². The molecule has 1 aliphatic heterocycles. The number of likely N-dealkylation sites (N-methyl/N-ethyl adjacent to an activating group) is 1. The Morgan fingerprint density at radius 3 is 2.72 bits per heavy atom. The van der Waals surface area contributed by atoms with E-state index in [1.807, 2.05) is 6.07 Å². The fourth-order valence-corrected chi connectivity index (χ4v) is 2.90. The van der Waals surface area contributed by atoms with Crippen LogP contribution in [0.3, 0.4) is 0 Å². The molecule has 1 aromatic carbocycles. The molecule has 1 aromatic rings. The van der Waals surface area contributed by atoms with Crippen LogP contribution in [-0.4, -0.2) is 43.9 Å². The van der Waals surface area contributed by atoms with Gasteiger partial charge < -0.3 is 14.7 Å². The van der Waals surface area contributed by atoms with Crippen LogP contribution in [0.15, 0.2) is 18.2 Å². The van der Waals surface area contributed by atoms with Gasteiger partial charge in [-0.2, -0.15) is 0 Å². The van der Waals surface area contributed by atoms with Crippen LogP contribution in [-0.2, 0) is 11.8 Å². The molecule has 1 aliphatic rings. The lowest BCUT2D eigenvalue weighted by molar-refractivity contribution is 0.191. The minimum Gasteiger partial charge on any atom is -0.496 e. The lowest BCUT2D eigenvalue weighted by Gasteiger charge is -2.29. The van der Waals surface area contributed by atoms with Gasteiger partial charge in [0.15, 0.2) is 0 Å². The lowest BCUT2D eigenvalue weighted by Crippen LogP contribution is -2.34. The van der Waals surface area contributed by atoms with Gasteiger partial charge in [-0.1, -0.05) is 19.1 Å². The van der Waals surface area contributed by atoms with Gasteiger partial charge in [0, 0.05) is 17.5 Å². The molecule has 0 spiro atoms. The van der Waals surface area contributed by atoms with Gasteiger partial charge in [-0.05, 0) is 38.1 Å². The lowest BCUT2D eigenvalue weighted by atomic mass is 9.79. The Kier molecular flexibility index (Phi) is 3.93. The number of hydrogen-bond acceptors (Lipinski definition) is 3. The molecule has 0 aliphatic carbocycles. The number of hydrogen-bond donors (Lipinski definition) is 1. The number of aliphatic hydroxyl groups excluding tert-OH is 1. The van der Waals surface area contributed by atoms with Crippen molar-refractivity contribution >= 4 is 0 Å². The molecular formula is C15H23NO2. The third-order valence-electron chi connectivity index (χ3n) is 4.09. The van der Waals surface area contributed by atoms with Gasteiger partial charge in [-0.3, -0.25) is 0 Å². The molecule has 0 amide bonds. The van der Waals surface area contributed by atoms with Crippen molar-refractivity contribution in [2.24, 2.45) is 0 Å². The molecule has 0 radical (unpaired) electrons. The predicted molar refractivity (Wildman–Crippen MR) is 73.2 cm³/mol. The van der Waals surface area contributed by atoms with Crippen LogP contribution in [0.4, 0.5) is 0 Å². The number of aliphatic hydroxyl groups is 1. The first-order chi connectivity index (χ1) is 8.65. The van der Waals surface area contributed by atoms with E-state index in [-0.39, 0.29) is 12.0 Å². The van der Waals surface area contributed by atoms with Crippen LogP contribution in [0, 0.1) is 0 Å². The molecule has 2 rings (SSSR count). The summed E-state index contributed by atoms with van der Waals surface area (Å²) in [6, 6.07) is 6.34. The number of ether oxygens (including phenoxy) is 1. The van der Waals surface area contributed by atoms with E-state index in [1.165, 1.54) is 5.56 Å². The zero-order valence-electron chi connectivity index (χ0n) is 11.6. The van der Waals surface area contributed by atoms with Gasteiger partial charge in [0.25, 0.3) is 0 Å². The SMILES string of the molecule is CCc1ccc(OC)c(C2(CO)CCN(C)C2)c1. The minimum atomic E-state index is -0.161. The summed E-state index contributed by atoms with van der Waals surface area (Å²) in [5, 5.41) is 9.89. The van der Waals surface area contributed by atoms with Gasteiger partial charge in [0.1, 0.15) is 5.75 Å². The molecule has 0 bridgehead atoms. The van der Waals surface area contributed by atoms with Crippen molar-refractivity contribution in [3.63, 3.8) is 0 Å². The van der Waals surface area contributed by atoms with Crippen molar-refractivity contribution in [1.82, 2.24) is 4.90 Å². The van der Waals surface area contributed by atoms with Crippen molar-refractivity contribution < 1.29 is 9.84 Å². The number of rotatable bonds is 4. The largest absolute Gasteiger partial charge is 0.496 e. The second-order valence-electron chi connectivity index (χ2n) is 5.31. The summed E-state index contributed by atoms with van der Waals surface area (Å²) in [5.41, 5.74) is 2.30. The molecule has 0 aromatic heterocycles. The van der Waals surface area contributed by atoms with Gasteiger partial charge >= 0.3 is 0 Å². The first-order valence-electron chi connectivity index (χ1n) is 6.62. The van der Waals surface area contributed by atoms with E-state index in [4.69, 9.17) is 4.74 Å². The van der Waals surface area contributed by atoms with Gasteiger partial charge in [-0.15, -0.1) is 0 Å². The average molecular weight is 249 g/mol. The second-order valence-corrected chi connectivity index (χ2v) is 5.31. The zero-order chi connectivity index (χ0) is 13.2. The Labute approximate surface area is 109 Å². The maximum atomic E-state index is 9.89. The van der Waals surface area contributed by atoms with Crippen molar-refractivity contribution in [2.75, 3.05) is 33.9 Å². The van der Waals surface area contributed by atoms with Crippen molar-refractivity contribution in [1.29, 1.82) is 0 Å².